The molecule has 0 spiro atoms. The Morgan fingerprint density at radius 3 is 2.13 bits per heavy atom. The number of sulfonamides is 1. The van der Waals surface area contributed by atoms with Crippen LogP contribution in [0.25, 0.3) is 5.69 Å². The van der Waals surface area contributed by atoms with E-state index in [-0.39, 0.29) is 23.5 Å². The van der Waals surface area contributed by atoms with E-state index in [0.717, 1.165) is 17.7 Å². The molecule has 1 fully saturated rings. The van der Waals surface area contributed by atoms with Crippen molar-refractivity contribution in [3.8, 4) is 5.69 Å². The number of piperazine rings is 1. The first kappa shape index (κ1) is 20.2. The zero-order valence-corrected chi connectivity index (χ0v) is 17.2. The molecule has 0 bridgehead atoms. The molecule has 1 saturated heterocycles. The van der Waals surface area contributed by atoms with Crippen molar-refractivity contribution in [1.29, 1.82) is 0 Å². The lowest BCUT2D eigenvalue weighted by Crippen LogP contribution is -2.49. The molecule has 9 heteroatoms. The van der Waals surface area contributed by atoms with Crippen molar-refractivity contribution in [3.63, 3.8) is 0 Å². The van der Waals surface area contributed by atoms with E-state index in [1.807, 2.05) is 36.1 Å². The summed E-state index contributed by atoms with van der Waals surface area (Å²) in [5.41, 5.74) is 1.52. The van der Waals surface area contributed by atoms with Crippen molar-refractivity contribution >= 4 is 15.8 Å². The molecule has 0 radical (unpaired) electrons. The van der Waals surface area contributed by atoms with Gasteiger partial charge in [-0.3, -0.25) is 4.79 Å². The summed E-state index contributed by atoms with van der Waals surface area (Å²) in [5, 5.41) is 4.47. The quantitative estimate of drug-likeness (QED) is 0.637. The number of benzene rings is 2. The number of hydrogen-bond acceptors (Lipinski definition) is 5. The van der Waals surface area contributed by atoms with Crippen LogP contribution in [0.5, 0.6) is 0 Å². The second kappa shape index (κ2) is 8.00. The molecule has 156 valence electrons. The van der Waals surface area contributed by atoms with Gasteiger partial charge in [-0.15, -0.1) is 5.10 Å². The summed E-state index contributed by atoms with van der Waals surface area (Å²) < 4.78 is 41.4. The molecule has 1 aromatic heterocycles. The second-order valence-corrected chi connectivity index (χ2v) is 9.06. The molecule has 30 heavy (non-hydrogen) atoms. The lowest BCUT2D eigenvalue weighted by atomic mass is 10.2. The van der Waals surface area contributed by atoms with Gasteiger partial charge < -0.3 is 4.90 Å². The zero-order chi connectivity index (χ0) is 21.3. The number of aromatic nitrogens is 2. The van der Waals surface area contributed by atoms with Crippen LogP contribution in [0.2, 0.25) is 0 Å². The summed E-state index contributed by atoms with van der Waals surface area (Å²) in [4.78, 5) is 14.3. The molecule has 0 saturated carbocycles. The van der Waals surface area contributed by atoms with E-state index in [4.69, 9.17) is 0 Å². The maximum atomic E-state index is 13.1. The van der Waals surface area contributed by atoms with Gasteiger partial charge in [-0.25, -0.2) is 12.8 Å². The Morgan fingerprint density at radius 2 is 1.50 bits per heavy atom. The van der Waals surface area contributed by atoms with Gasteiger partial charge in [-0.05, 0) is 49.4 Å². The molecule has 0 amide bonds. The maximum Gasteiger partial charge on any atom is 0.271 e. The van der Waals surface area contributed by atoms with Crippen LogP contribution in [-0.4, -0.2) is 48.7 Å². The van der Waals surface area contributed by atoms with Crippen LogP contribution < -0.4 is 10.5 Å². The van der Waals surface area contributed by atoms with Gasteiger partial charge in [0.2, 0.25) is 10.0 Å². The minimum Gasteiger partial charge on any atom is -0.353 e. The maximum absolute atomic E-state index is 13.1. The fourth-order valence-corrected chi connectivity index (χ4v) is 4.78. The first-order chi connectivity index (χ1) is 14.3. The molecule has 2 aromatic carbocycles. The SMILES string of the molecule is Cc1ccc(-n2nc(N3CCN(S(=O)(=O)c4ccc(F)cc4)CC3)ccc2=O)cc1. The summed E-state index contributed by atoms with van der Waals surface area (Å²) >= 11 is 0. The third-order valence-electron chi connectivity index (χ3n) is 5.08. The second-order valence-electron chi connectivity index (χ2n) is 7.12. The molecule has 1 aliphatic rings. The molecule has 7 nitrogen and oxygen atoms in total. The minimum atomic E-state index is -3.68. The molecule has 2 heterocycles. The molecular weight excluding hydrogens is 407 g/mol. The number of halogens is 1. The molecule has 3 aromatic rings. The van der Waals surface area contributed by atoms with Crippen molar-refractivity contribution in [2.24, 2.45) is 0 Å². The van der Waals surface area contributed by atoms with Crippen LogP contribution in [0.15, 0.2) is 70.4 Å². The zero-order valence-electron chi connectivity index (χ0n) is 16.4. The van der Waals surface area contributed by atoms with Crippen molar-refractivity contribution < 1.29 is 12.8 Å². The number of nitrogens with zero attached hydrogens (tertiary/aromatic N) is 4. The fourth-order valence-electron chi connectivity index (χ4n) is 3.35. The fraction of sp³-hybridized carbons (Fsp3) is 0.238. The van der Waals surface area contributed by atoms with Crippen molar-refractivity contribution in [3.05, 3.63) is 82.4 Å². The van der Waals surface area contributed by atoms with Crippen LogP contribution in [0.4, 0.5) is 10.2 Å². The summed E-state index contributed by atoms with van der Waals surface area (Å²) in [7, 11) is -3.68. The summed E-state index contributed by atoms with van der Waals surface area (Å²) in [6, 6.07) is 15.4. The smallest absolute Gasteiger partial charge is 0.271 e. The molecule has 1 aliphatic heterocycles. The van der Waals surface area contributed by atoms with Gasteiger partial charge in [0.1, 0.15) is 11.6 Å². The third kappa shape index (κ3) is 3.99. The Kier molecular flexibility index (Phi) is 5.40. The Labute approximate surface area is 174 Å². The Balaban J connectivity index is 1.52. The first-order valence-corrected chi connectivity index (χ1v) is 11.0. The number of aryl methyl sites for hydroxylation is 1. The van der Waals surface area contributed by atoms with Gasteiger partial charge in [-0.1, -0.05) is 17.7 Å². The van der Waals surface area contributed by atoms with E-state index in [1.54, 1.807) is 6.07 Å². The molecule has 0 aliphatic carbocycles. The van der Waals surface area contributed by atoms with Crippen LogP contribution >= 0.6 is 0 Å². The Morgan fingerprint density at radius 1 is 0.867 bits per heavy atom. The third-order valence-corrected chi connectivity index (χ3v) is 6.99. The van der Waals surface area contributed by atoms with Crippen LogP contribution in [0, 0.1) is 12.7 Å². The largest absolute Gasteiger partial charge is 0.353 e. The summed E-state index contributed by atoms with van der Waals surface area (Å²) in [6.45, 7) is 3.37. The summed E-state index contributed by atoms with van der Waals surface area (Å²) in [6.07, 6.45) is 0. The highest BCUT2D eigenvalue weighted by molar-refractivity contribution is 7.89. The average molecular weight is 428 g/mol. The number of hydrogen-bond donors (Lipinski definition) is 0. The van der Waals surface area contributed by atoms with E-state index in [0.29, 0.717) is 24.6 Å². The minimum absolute atomic E-state index is 0.0726. The standard InChI is InChI=1S/C21H21FN4O3S/c1-16-2-6-18(7-3-16)26-21(27)11-10-20(23-26)24-12-14-25(15-13-24)30(28,29)19-8-4-17(22)5-9-19/h2-11H,12-15H2,1H3. The molecular formula is C21H21FN4O3S. The van der Waals surface area contributed by atoms with Crippen molar-refractivity contribution in [2.75, 3.05) is 31.1 Å². The first-order valence-electron chi connectivity index (χ1n) is 9.53. The van der Waals surface area contributed by atoms with Gasteiger partial charge in [0.15, 0.2) is 0 Å². The van der Waals surface area contributed by atoms with Gasteiger partial charge in [-0.2, -0.15) is 8.99 Å². The van der Waals surface area contributed by atoms with E-state index in [2.05, 4.69) is 5.10 Å². The lowest BCUT2D eigenvalue weighted by Gasteiger charge is -2.34. The van der Waals surface area contributed by atoms with Crippen molar-refractivity contribution in [2.45, 2.75) is 11.8 Å². The van der Waals surface area contributed by atoms with Crippen LogP contribution in [0.3, 0.4) is 0 Å². The van der Waals surface area contributed by atoms with E-state index < -0.39 is 15.8 Å². The lowest BCUT2D eigenvalue weighted by molar-refractivity contribution is 0.383. The van der Waals surface area contributed by atoms with Gasteiger partial charge in [0.25, 0.3) is 5.56 Å². The molecule has 0 N–H and O–H groups in total. The van der Waals surface area contributed by atoms with Crippen LogP contribution in [-0.2, 0) is 10.0 Å². The van der Waals surface area contributed by atoms with E-state index in [9.17, 15) is 17.6 Å². The molecule has 0 unspecified atom stereocenters. The Bertz CT molecular complexity index is 1200. The highest BCUT2D eigenvalue weighted by Crippen LogP contribution is 2.20. The van der Waals surface area contributed by atoms with E-state index >= 15 is 0 Å². The van der Waals surface area contributed by atoms with E-state index in [1.165, 1.54) is 27.2 Å². The topological polar surface area (TPSA) is 75.5 Å². The normalized spacial score (nSPS) is 15.3. The number of rotatable bonds is 4. The molecule has 0 atom stereocenters. The van der Waals surface area contributed by atoms with Crippen LogP contribution in [0.1, 0.15) is 5.56 Å². The average Bonchev–Trinajstić information content (AvgIpc) is 2.75. The predicted molar refractivity (Wildman–Crippen MR) is 112 cm³/mol. The van der Waals surface area contributed by atoms with Gasteiger partial charge in [0, 0.05) is 32.2 Å². The monoisotopic (exact) mass is 428 g/mol. The summed E-state index contributed by atoms with van der Waals surface area (Å²) in [5.74, 6) is 0.127. The van der Waals surface area contributed by atoms with Gasteiger partial charge in [0.05, 0.1) is 10.6 Å². The van der Waals surface area contributed by atoms with Crippen molar-refractivity contribution in [1.82, 2.24) is 14.1 Å². The highest BCUT2D eigenvalue weighted by Gasteiger charge is 2.29. The predicted octanol–water partition coefficient (Wildman–Crippen LogP) is 2.19. The number of anilines is 1. The highest BCUT2D eigenvalue weighted by atomic mass is 32.2. The van der Waals surface area contributed by atoms with Gasteiger partial charge >= 0.3 is 0 Å². The molecule has 4 rings (SSSR count). The Hall–Kier alpha value is -3.04.